The van der Waals surface area contributed by atoms with Crippen LogP contribution in [0.25, 0.3) is 0 Å². The zero-order valence-corrected chi connectivity index (χ0v) is 9.20. The molecule has 2 N–H and O–H groups in total. The second-order valence-corrected chi connectivity index (χ2v) is 3.80. The molecular formula is C10H17N5. The zero-order valence-electron chi connectivity index (χ0n) is 9.20. The number of aliphatic imine (C=N–C) groups is 1. The minimum Gasteiger partial charge on any atom is -0.354 e. The first-order valence-corrected chi connectivity index (χ1v) is 5.23. The van der Waals surface area contributed by atoms with Crippen molar-refractivity contribution in [3.05, 3.63) is 18.2 Å². The van der Waals surface area contributed by atoms with Gasteiger partial charge < -0.3 is 15.2 Å². The summed E-state index contributed by atoms with van der Waals surface area (Å²) in [6.45, 7) is 0.704. The van der Waals surface area contributed by atoms with Crippen molar-refractivity contribution in [1.29, 1.82) is 0 Å². The van der Waals surface area contributed by atoms with Crippen LogP contribution in [-0.4, -0.2) is 28.6 Å². The molecule has 0 saturated heterocycles. The monoisotopic (exact) mass is 207 g/mol. The maximum atomic E-state index is 4.23. The van der Waals surface area contributed by atoms with Crippen molar-refractivity contribution >= 4 is 5.96 Å². The summed E-state index contributed by atoms with van der Waals surface area (Å²) in [5.74, 6) is 1.87. The number of hydrogen-bond donors (Lipinski definition) is 2. The third kappa shape index (κ3) is 2.71. The Balaban J connectivity index is 1.83. The molecule has 0 bridgehead atoms. The van der Waals surface area contributed by atoms with Gasteiger partial charge in [0.15, 0.2) is 5.96 Å². The van der Waals surface area contributed by atoms with Crippen LogP contribution in [0.3, 0.4) is 0 Å². The number of imidazole rings is 1. The molecule has 0 amide bonds. The summed E-state index contributed by atoms with van der Waals surface area (Å²) in [6, 6.07) is 0.623. The Bertz CT molecular complexity index is 350. The van der Waals surface area contributed by atoms with Gasteiger partial charge in [0, 0.05) is 32.5 Å². The Morgan fingerprint density at radius 2 is 2.47 bits per heavy atom. The van der Waals surface area contributed by atoms with Gasteiger partial charge in [0.2, 0.25) is 0 Å². The van der Waals surface area contributed by atoms with Gasteiger partial charge in [-0.05, 0) is 12.8 Å². The predicted molar refractivity (Wildman–Crippen MR) is 59.6 cm³/mol. The molecule has 5 heteroatoms. The van der Waals surface area contributed by atoms with Gasteiger partial charge in [-0.3, -0.25) is 4.99 Å². The fraction of sp³-hybridized carbons (Fsp3) is 0.600. The van der Waals surface area contributed by atoms with Gasteiger partial charge in [-0.2, -0.15) is 0 Å². The summed E-state index contributed by atoms with van der Waals surface area (Å²) in [5, 5.41) is 6.56. The maximum absolute atomic E-state index is 4.23. The molecule has 15 heavy (non-hydrogen) atoms. The largest absolute Gasteiger partial charge is 0.354 e. The van der Waals surface area contributed by atoms with E-state index in [4.69, 9.17) is 0 Å². The molecule has 0 aromatic carbocycles. The van der Waals surface area contributed by atoms with Crippen molar-refractivity contribution in [2.24, 2.45) is 12.0 Å². The third-order valence-corrected chi connectivity index (χ3v) is 2.48. The fourth-order valence-corrected chi connectivity index (χ4v) is 1.35. The highest BCUT2D eigenvalue weighted by Crippen LogP contribution is 2.18. The number of rotatable bonds is 3. The zero-order chi connectivity index (χ0) is 10.7. The number of guanidine groups is 1. The molecule has 0 spiro atoms. The van der Waals surface area contributed by atoms with Crippen LogP contribution < -0.4 is 10.6 Å². The Hall–Kier alpha value is -1.52. The summed E-state index contributed by atoms with van der Waals surface area (Å²) < 4.78 is 2.00. The van der Waals surface area contributed by atoms with E-state index in [0.717, 1.165) is 11.8 Å². The van der Waals surface area contributed by atoms with Gasteiger partial charge >= 0.3 is 0 Å². The second kappa shape index (κ2) is 4.33. The lowest BCUT2D eigenvalue weighted by Gasteiger charge is -2.10. The predicted octanol–water partition coefficient (Wildman–Crippen LogP) is 0.247. The van der Waals surface area contributed by atoms with Crippen LogP contribution in [0.5, 0.6) is 0 Å². The molecule has 0 atom stereocenters. The van der Waals surface area contributed by atoms with Crippen molar-refractivity contribution < 1.29 is 0 Å². The highest BCUT2D eigenvalue weighted by atomic mass is 15.2. The topological polar surface area (TPSA) is 54.2 Å². The van der Waals surface area contributed by atoms with Crippen LogP contribution in [0.2, 0.25) is 0 Å². The number of nitrogens with zero attached hydrogens (tertiary/aromatic N) is 3. The van der Waals surface area contributed by atoms with E-state index >= 15 is 0 Å². The van der Waals surface area contributed by atoms with Crippen LogP contribution in [0.1, 0.15) is 18.7 Å². The summed E-state index contributed by atoms with van der Waals surface area (Å²) in [5.41, 5.74) is 0. The minimum atomic E-state index is 0.623. The number of hydrogen-bond acceptors (Lipinski definition) is 2. The molecule has 1 aliphatic carbocycles. The summed E-state index contributed by atoms with van der Waals surface area (Å²) in [4.78, 5) is 8.39. The molecule has 0 radical (unpaired) electrons. The lowest BCUT2D eigenvalue weighted by atomic mass is 10.5. The highest BCUT2D eigenvalue weighted by Gasteiger charge is 2.22. The molecule has 0 aliphatic heterocycles. The van der Waals surface area contributed by atoms with Crippen molar-refractivity contribution in [1.82, 2.24) is 20.2 Å². The quantitative estimate of drug-likeness (QED) is 0.552. The van der Waals surface area contributed by atoms with E-state index in [0.29, 0.717) is 12.6 Å². The molecule has 1 fully saturated rings. The van der Waals surface area contributed by atoms with Gasteiger partial charge in [0.05, 0.1) is 6.54 Å². The molecule has 1 saturated carbocycles. The number of nitrogens with one attached hydrogen (secondary N) is 2. The Morgan fingerprint density at radius 3 is 3.00 bits per heavy atom. The molecule has 1 aromatic rings. The van der Waals surface area contributed by atoms with E-state index < -0.39 is 0 Å². The van der Waals surface area contributed by atoms with Gasteiger partial charge in [-0.15, -0.1) is 0 Å². The van der Waals surface area contributed by atoms with Crippen LogP contribution in [-0.2, 0) is 13.6 Å². The summed E-state index contributed by atoms with van der Waals surface area (Å²) >= 11 is 0. The van der Waals surface area contributed by atoms with E-state index in [-0.39, 0.29) is 0 Å². The second-order valence-electron chi connectivity index (χ2n) is 3.80. The first-order chi connectivity index (χ1) is 7.29. The minimum absolute atomic E-state index is 0.623. The Labute approximate surface area is 89.6 Å². The average molecular weight is 207 g/mol. The Kier molecular flexibility index (Phi) is 2.89. The SMILES string of the molecule is CN=C(NCc1nccn1C)NC1CC1. The molecular weight excluding hydrogens is 190 g/mol. The van der Waals surface area contributed by atoms with Gasteiger partial charge in [0.1, 0.15) is 5.82 Å². The van der Waals surface area contributed by atoms with Crippen LogP contribution >= 0.6 is 0 Å². The van der Waals surface area contributed by atoms with E-state index in [1.54, 1.807) is 13.2 Å². The molecule has 5 nitrogen and oxygen atoms in total. The third-order valence-electron chi connectivity index (χ3n) is 2.48. The normalized spacial score (nSPS) is 16.5. The van der Waals surface area contributed by atoms with Crippen LogP contribution in [0, 0.1) is 0 Å². The summed E-state index contributed by atoms with van der Waals surface area (Å²) in [7, 11) is 3.78. The van der Waals surface area contributed by atoms with E-state index in [9.17, 15) is 0 Å². The van der Waals surface area contributed by atoms with Crippen molar-refractivity contribution in [2.45, 2.75) is 25.4 Å². The van der Waals surface area contributed by atoms with Crippen molar-refractivity contribution in [2.75, 3.05) is 7.05 Å². The molecule has 82 valence electrons. The van der Waals surface area contributed by atoms with Crippen LogP contribution in [0.4, 0.5) is 0 Å². The molecule has 1 aromatic heterocycles. The maximum Gasteiger partial charge on any atom is 0.191 e. The van der Waals surface area contributed by atoms with Crippen molar-refractivity contribution in [3.8, 4) is 0 Å². The standard InChI is InChI=1S/C10H17N5/c1-11-10(14-8-3-4-8)13-7-9-12-5-6-15(9)2/h5-6,8H,3-4,7H2,1-2H3,(H2,11,13,14). The van der Waals surface area contributed by atoms with E-state index in [1.165, 1.54) is 12.8 Å². The lowest BCUT2D eigenvalue weighted by molar-refractivity contribution is 0.726. The summed E-state index contributed by atoms with van der Waals surface area (Å²) in [6.07, 6.45) is 6.24. The molecule has 2 rings (SSSR count). The average Bonchev–Trinajstić information content (AvgIpc) is 2.96. The highest BCUT2D eigenvalue weighted by molar-refractivity contribution is 5.80. The Morgan fingerprint density at radius 1 is 1.67 bits per heavy atom. The number of aromatic nitrogens is 2. The van der Waals surface area contributed by atoms with Gasteiger partial charge in [0.25, 0.3) is 0 Å². The molecule has 1 heterocycles. The number of aryl methyl sites for hydroxylation is 1. The molecule has 1 aliphatic rings. The van der Waals surface area contributed by atoms with Crippen molar-refractivity contribution in [3.63, 3.8) is 0 Å². The fourth-order valence-electron chi connectivity index (χ4n) is 1.35. The first kappa shape index (κ1) is 10.0. The van der Waals surface area contributed by atoms with Crippen LogP contribution in [0.15, 0.2) is 17.4 Å². The van der Waals surface area contributed by atoms with E-state index in [2.05, 4.69) is 20.6 Å². The smallest absolute Gasteiger partial charge is 0.191 e. The van der Waals surface area contributed by atoms with Gasteiger partial charge in [-0.1, -0.05) is 0 Å². The van der Waals surface area contributed by atoms with E-state index in [1.807, 2.05) is 17.8 Å². The first-order valence-electron chi connectivity index (χ1n) is 5.23. The van der Waals surface area contributed by atoms with Gasteiger partial charge in [-0.25, -0.2) is 4.98 Å². The lowest BCUT2D eigenvalue weighted by Crippen LogP contribution is -2.38. The molecule has 0 unspecified atom stereocenters.